The van der Waals surface area contributed by atoms with Crippen LogP contribution in [0, 0.1) is 0 Å². The van der Waals surface area contributed by atoms with Crippen molar-refractivity contribution < 1.29 is 18.9 Å². The molecule has 0 bridgehead atoms. The second-order valence-electron chi connectivity index (χ2n) is 12.6. The van der Waals surface area contributed by atoms with E-state index in [1.54, 1.807) is 0 Å². The van der Waals surface area contributed by atoms with Gasteiger partial charge in [-0.2, -0.15) is 8.75 Å². The van der Waals surface area contributed by atoms with E-state index in [1.807, 2.05) is 109 Å². The first kappa shape index (κ1) is 33.7. The maximum atomic E-state index is 6.33. The summed E-state index contributed by atoms with van der Waals surface area (Å²) in [6, 6.07) is 56.8. The van der Waals surface area contributed by atoms with Gasteiger partial charge in [-0.3, -0.25) is 0 Å². The normalized spacial score (nSPS) is 10.9. The Morgan fingerprint density at radius 1 is 0.340 bits per heavy atom. The zero-order valence-corrected chi connectivity index (χ0v) is 29.7. The van der Waals surface area contributed by atoms with Gasteiger partial charge in [-0.25, -0.2) is 0 Å². The van der Waals surface area contributed by atoms with Gasteiger partial charge in [0.15, 0.2) is 0 Å². The van der Waals surface area contributed by atoms with Gasteiger partial charge in [0.05, 0.1) is 11.7 Å². The lowest BCUT2D eigenvalue weighted by molar-refractivity contribution is 0.290. The Balaban J connectivity index is 1.14. The Bertz CT molecular complexity index is 2110. The summed E-state index contributed by atoms with van der Waals surface area (Å²) in [7, 11) is 0. The number of fused-ring (bicyclic) bond motifs is 1. The lowest BCUT2D eigenvalue weighted by Crippen LogP contribution is -1.99. The molecule has 8 aromatic rings. The fourth-order valence-electron chi connectivity index (χ4n) is 6.08. The van der Waals surface area contributed by atoms with E-state index in [0.29, 0.717) is 49.4 Å². The van der Waals surface area contributed by atoms with E-state index in [1.165, 1.54) is 11.7 Å². The highest BCUT2D eigenvalue weighted by Crippen LogP contribution is 2.40. The first-order chi connectivity index (χ1) is 26.2. The fraction of sp³-hybridized carbons (Fsp3) is 0.0870. The molecule has 8 rings (SSSR count). The largest absolute Gasteiger partial charge is 0.489 e. The van der Waals surface area contributed by atoms with Gasteiger partial charge in [-0.15, -0.1) is 0 Å². The molecule has 0 amide bonds. The molecule has 0 N–H and O–H groups in total. The fourth-order valence-corrected chi connectivity index (χ4v) is 6.66. The standard InChI is InChI=1S/C46H36N2O4S/c1-5-13-33(14-6-1)29-49-39-23-37(24-40(27-39)50-30-34-15-7-2-8-16-34)43-21-22-44(46-45(43)47-53-48-46)38-25-41(51-31-35-17-9-3-10-18-35)28-42(26-38)52-32-36-19-11-4-12-20-36/h1-28H,29-32H2. The van der Waals surface area contributed by atoms with E-state index < -0.39 is 0 Å². The van der Waals surface area contributed by atoms with Gasteiger partial charge >= 0.3 is 0 Å². The van der Waals surface area contributed by atoms with E-state index in [2.05, 4.69) is 60.7 Å². The van der Waals surface area contributed by atoms with Crippen LogP contribution < -0.4 is 18.9 Å². The molecular weight excluding hydrogens is 677 g/mol. The molecule has 7 heteroatoms. The summed E-state index contributed by atoms with van der Waals surface area (Å²) in [5.41, 5.74) is 9.65. The lowest BCUT2D eigenvalue weighted by atomic mass is 9.97. The molecule has 53 heavy (non-hydrogen) atoms. The Labute approximate surface area is 313 Å². The summed E-state index contributed by atoms with van der Waals surface area (Å²) in [5, 5.41) is 0. The molecule has 0 aliphatic rings. The van der Waals surface area contributed by atoms with Crippen molar-refractivity contribution in [2.45, 2.75) is 26.4 Å². The Morgan fingerprint density at radius 2 is 0.623 bits per heavy atom. The topological polar surface area (TPSA) is 62.7 Å². The maximum absolute atomic E-state index is 6.33. The van der Waals surface area contributed by atoms with Crippen molar-refractivity contribution in [1.29, 1.82) is 0 Å². The van der Waals surface area contributed by atoms with E-state index in [9.17, 15) is 0 Å². The SMILES string of the molecule is c1ccc(COc2cc(OCc3ccccc3)cc(-c3ccc(-c4cc(OCc5ccccc5)cc(OCc5ccccc5)c4)c4nsnc34)c2)cc1. The van der Waals surface area contributed by atoms with E-state index in [0.717, 1.165) is 55.5 Å². The molecule has 260 valence electrons. The van der Waals surface area contributed by atoms with Gasteiger partial charge in [0.2, 0.25) is 0 Å². The van der Waals surface area contributed by atoms with Crippen molar-refractivity contribution in [2.75, 3.05) is 0 Å². The van der Waals surface area contributed by atoms with Crippen LogP contribution in [0.15, 0.2) is 170 Å². The lowest BCUT2D eigenvalue weighted by Gasteiger charge is -2.15. The number of nitrogens with zero attached hydrogens (tertiary/aromatic N) is 2. The number of rotatable bonds is 14. The minimum atomic E-state index is 0.437. The third-order valence-electron chi connectivity index (χ3n) is 8.79. The van der Waals surface area contributed by atoms with Crippen molar-refractivity contribution in [1.82, 2.24) is 8.75 Å². The average Bonchev–Trinajstić information content (AvgIpc) is 3.72. The molecule has 0 unspecified atom stereocenters. The van der Waals surface area contributed by atoms with Crippen LogP contribution in [0.1, 0.15) is 22.3 Å². The molecule has 0 radical (unpaired) electrons. The van der Waals surface area contributed by atoms with Crippen molar-refractivity contribution in [3.05, 3.63) is 192 Å². The van der Waals surface area contributed by atoms with Crippen LogP contribution in [0.25, 0.3) is 33.3 Å². The molecule has 0 aliphatic heterocycles. The maximum Gasteiger partial charge on any atom is 0.124 e. The van der Waals surface area contributed by atoms with Gasteiger partial charge in [-0.1, -0.05) is 133 Å². The van der Waals surface area contributed by atoms with Crippen LogP contribution in [0.5, 0.6) is 23.0 Å². The van der Waals surface area contributed by atoms with Gasteiger partial charge in [-0.05, 0) is 57.6 Å². The molecule has 0 saturated carbocycles. The predicted molar refractivity (Wildman–Crippen MR) is 211 cm³/mol. The number of benzene rings is 7. The number of ether oxygens (including phenoxy) is 4. The quantitative estimate of drug-likeness (QED) is 0.112. The number of aromatic nitrogens is 2. The monoisotopic (exact) mass is 712 g/mol. The molecule has 7 aromatic carbocycles. The van der Waals surface area contributed by atoms with Crippen LogP contribution in [-0.2, 0) is 26.4 Å². The van der Waals surface area contributed by atoms with Gasteiger partial charge in [0.25, 0.3) is 0 Å². The molecule has 1 heterocycles. The van der Waals surface area contributed by atoms with Crippen LogP contribution in [0.4, 0.5) is 0 Å². The molecule has 0 aliphatic carbocycles. The van der Waals surface area contributed by atoms with E-state index in [4.69, 9.17) is 27.7 Å². The molecule has 0 fully saturated rings. The van der Waals surface area contributed by atoms with Crippen LogP contribution in [0.3, 0.4) is 0 Å². The van der Waals surface area contributed by atoms with Gasteiger partial charge in [0.1, 0.15) is 60.5 Å². The Kier molecular flexibility index (Phi) is 10.3. The summed E-state index contributed by atoms with van der Waals surface area (Å²) < 4.78 is 34.9. The Hall–Kier alpha value is -6.44. The van der Waals surface area contributed by atoms with E-state index >= 15 is 0 Å². The van der Waals surface area contributed by atoms with Crippen molar-refractivity contribution in [3.8, 4) is 45.3 Å². The highest BCUT2D eigenvalue weighted by Gasteiger charge is 2.17. The number of hydrogen-bond donors (Lipinski definition) is 0. The van der Waals surface area contributed by atoms with E-state index in [-0.39, 0.29) is 0 Å². The molecule has 1 aromatic heterocycles. The van der Waals surface area contributed by atoms with Crippen LogP contribution in [-0.4, -0.2) is 8.75 Å². The highest BCUT2D eigenvalue weighted by molar-refractivity contribution is 7.00. The highest BCUT2D eigenvalue weighted by atomic mass is 32.1. The minimum Gasteiger partial charge on any atom is -0.489 e. The summed E-state index contributed by atoms with van der Waals surface area (Å²) in [5.74, 6) is 2.83. The molecule has 0 saturated heterocycles. The average molecular weight is 713 g/mol. The van der Waals surface area contributed by atoms with Gasteiger partial charge in [0, 0.05) is 23.3 Å². The van der Waals surface area contributed by atoms with Crippen molar-refractivity contribution in [3.63, 3.8) is 0 Å². The zero-order valence-electron chi connectivity index (χ0n) is 28.9. The zero-order chi connectivity index (χ0) is 35.7. The minimum absolute atomic E-state index is 0.437. The summed E-state index contributed by atoms with van der Waals surface area (Å²) in [4.78, 5) is 0. The third-order valence-corrected chi connectivity index (χ3v) is 9.32. The van der Waals surface area contributed by atoms with Crippen LogP contribution in [0.2, 0.25) is 0 Å². The van der Waals surface area contributed by atoms with Crippen molar-refractivity contribution >= 4 is 22.8 Å². The third kappa shape index (κ3) is 8.55. The molecule has 0 spiro atoms. The predicted octanol–water partition coefficient (Wildman–Crippen LogP) is 11.3. The summed E-state index contributed by atoms with van der Waals surface area (Å²) in [6.45, 7) is 1.75. The first-order valence-corrected chi connectivity index (χ1v) is 18.2. The summed E-state index contributed by atoms with van der Waals surface area (Å²) >= 11 is 1.19. The smallest absolute Gasteiger partial charge is 0.124 e. The van der Waals surface area contributed by atoms with Crippen LogP contribution >= 0.6 is 11.7 Å². The Morgan fingerprint density at radius 3 is 0.906 bits per heavy atom. The molecule has 6 nitrogen and oxygen atoms in total. The van der Waals surface area contributed by atoms with Gasteiger partial charge < -0.3 is 18.9 Å². The molecule has 0 atom stereocenters. The number of hydrogen-bond acceptors (Lipinski definition) is 7. The first-order valence-electron chi connectivity index (χ1n) is 17.5. The summed E-state index contributed by atoms with van der Waals surface area (Å²) in [6.07, 6.45) is 0. The second-order valence-corrected chi connectivity index (χ2v) is 13.1. The van der Waals surface area contributed by atoms with Crippen molar-refractivity contribution in [2.24, 2.45) is 0 Å². The molecular formula is C46H36N2O4S. The second kappa shape index (κ2) is 16.3.